The number of halogens is 1. The Hall–Kier alpha value is -3.44. The molecule has 0 radical (unpaired) electrons. The fourth-order valence-electron chi connectivity index (χ4n) is 3.99. The lowest BCUT2D eigenvalue weighted by atomic mass is 10.00. The molecular formula is C22H20FNO8S. The zero-order chi connectivity index (χ0) is 23.9. The Labute approximate surface area is 188 Å². The summed E-state index contributed by atoms with van der Waals surface area (Å²) < 4.78 is 51.6. The molecule has 2 aromatic rings. The van der Waals surface area contributed by atoms with Crippen LogP contribution in [0.3, 0.4) is 0 Å². The fourth-order valence-corrected chi connectivity index (χ4v) is 5.53. The number of carboxylic acid groups (broad SMARTS) is 1. The molecule has 1 aliphatic heterocycles. The molecule has 0 spiro atoms. The SMILES string of the molecule is COC(=O)N(c1ccc2c(c1C(=O)O)OCC1CC21)S(=O)(=O)c1ccc(F)cc1C=CCO. The van der Waals surface area contributed by atoms with Gasteiger partial charge in [0, 0.05) is 5.92 Å². The average Bonchev–Trinajstić information content (AvgIpc) is 3.57. The van der Waals surface area contributed by atoms with Crippen LogP contribution >= 0.6 is 0 Å². The van der Waals surface area contributed by atoms with E-state index in [9.17, 15) is 27.5 Å². The number of aromatic carboxylic acids is 1. The Morgan fingerprint density at radius 2 is 2.06 bits per heavy atom. The number of hydrogen-bond donors (Lipinski definition) is 2. The first-order valence-electron chi connectivity index (χ1n) is 9.94. The third-order valence-corrected chi connectivity index (χ3v) is 7.35. The number of ether oxygens (including phenoxy) is 2. The summed E-state index contributed by atoms with van der Waals surface area (Å²) in [7, 11) is -3.84. The first kappa shape index (κ1) is 22.7. The first-order valence-corrected chi connectivity index (χ1v) is 11.4. The molecule has 1 saturated carbocycles. The third kappa shape index (κ3) is 3.93. The van der Waals surface area contributed by atoms with E-state index in [2.05, 4.69) is 4.74 Å². The highest BCUT2D eigenvalue weighted by atomic mass is 32.2. The number of carbonyl (C=O) groups excluding carboxylic acids is 1. The van der Waals surface area contributed by atoms with Gasteiger partial charge in [-0.05, 0) is 47.7 Å². The van der Waals surface area contributed by atoms with Crippen molar-refractivity contribution in [1.29, 1.82) is 0 Å². The number of benzene rings is 2. The fraction of sp³-hybridized carbons (Fsp3) is 0.273. The standard InChI is InChI=1S/C22H20FNO8S/c1-31-22(28)24(33(29,30)18-7-4-14(23)9-12(18)3-2-8-25)17-6-5-15-16-10-13(16)11-32-20(15)19(17)21(26)27/h2-7,9,13,16,25H,8,10-11H2,1H3,(H,26,27). The lowest BCUT2D eigenvalue weighted by Crippen LogP contribution is -2.38. The molecule has 1 amide bonds. The number of aliphatic hydroxyl groups excluding tert-OH is 1. The molecule has 2 atom stereocenters. The number of fused-ring (bicyclic) bond motifs is 3. The molecule has 0 saturated heterocycles. The second-order valence-corrected chi connectivity index (χ2v) is 9.36. The molecule has 2 aromatic carbocycles. The van der Waals surface area contributed by atoms with Crippen molar-refractivity contribution in [2.75, 3.05) is 24.6 Å². The molecule has 2 N–H and O–H groups in total. The molecule has 174 valence electrons. The number of sulfonamides is 1. The highest BCUT2D eigenvalue weighted by Crippen LogP contribution is 2.55. The molecule has 1 heterocycles. The molecule has 1 fully saturated rings. The highest BCUT2D eigenvalue weighted by molar-refractivity contribution is 7.93. The van der Waals surface area contributed by atoms with Crippen molar-refractivity contribution in [3.63, 3.8) is 0 Å². The number of nitrogens with zero attached hydrogens (tertiary/aromatic N) is 1. The van der Waals surface area contributed by atoms with Crippen molar-refractivity contribution < 1.29 is 42.1 Å². The van der Waals surface area contributed by atoms with Crippen LogP contribution in [-0.4, -0.2) is 51.0 Å². The number of rotatable bonds is 6. The van der Waals surface area contributed by atoms with Crippen molar-refractivity contribution in [2.24, 2.45) is 5.92 Å². The summed E-state index contributed by atoms with van der Waals surface area (Å²) in [4.78, 5) is 24.4. The van der Waals surface area contributed by atoms with Gasteiger partial charge in [-0.3, -0.25) is 0 Å². The van der Waals surface area contributed by atoms with E-state index < -0.39 is 50.7 Å². The summed E-state index contributed by atoms with van der Waals surface area (Å²) in [6.07, 6.45) is 1.84. The van der Waals surface area contributed by atoms with Gasteiger partial charge in [-0.15, -0.1) is 0 Å². The van der Waals surface area contributed by atoms with Crippen LogP contribution in [0, 0.1) is 11.7 Å². The Morgan fingerprint density at radius 3 is 2.73 bits per heavy atom. The van der Waals surface area contributed by atoms with E-state index in [1.807, 2.05) is 0 Å². The molecule has 1 aliphatic carbocycles. The molecule has 33 heavy (non-hydrogen) atoms. The van der Waals surface area contributed by atoms with Crippen molar-refractivity contribution in [3.05, 3.63) is 58.9 Å². The van der Waals surface area contributed by atoms with E-state index >= 15 is 0 Å². The first-order chi connectivity index (χ1) is 15.7. The number of carboxylic acids is 1. The topological polar surface area (TPSA) is 130 Å². The van der Waals surface area contributed by atoms with Crippen LogP contribution in [0.4, 0.5) is 14.9 Å². The summed E-state index contributed by atoms with van der Waals surface area (Å²) in [6.45, 7) is -0.148. The summed E-state index contributed by atoms with van der Waals surface area (Å²) in [5.41, 5.74) is -0.456. The summed E-state index contributed by atoms with van der Waals surface area (Å²) in [5, 5.41) is 19.0. The van der Waals surface area contributed by atoms with E-state index in [-0.39, 0.29) is 27.5 Å². The van der Waals surface area contributed by atoms with Gasteiger partial charge in [0.25, 0.3) is 10.0 Å². The van der Waals surface area contributed by atoms with E-state index in [1.165, 1.54) is 18.2 Å². The quantitative estimate of drug-likeness (QED) is 0.649. The smallest absolute Gasteiger partial charge is 0.428 e. The van der Waals surface area contributed by atoms with E-state index in [4.69, 9.17) is 9.84 Å². The van der Waals surface area contributed by atoms with E-state index in [0.29, 0.717) is 12.2 Å². The van der Waals surface area contributed by atoms with Crippen LogP contribution in [-0.2, 0) is 14.8 Å². The predicted octanol–water partition coefficient (Wildman–Crippen LogP) is 2.99. The van der Waals surface area contributed by atoms with E-state index in [1.54, 1.807) is 6.07 Å². The number of aliphatic hydroxyl groups is 1. The summed E-state index contributed by atoms with van der Waals surface area (Å²) in [5.74, 6) is -1.81. The highest BCUT2D eigenvalue weighted by Gasteiger charge is 2.47. The normalized spacial score (nSPS) is 18.8. The van der Waals surface area contributed by atoms with Gasteiger partial charge in [-0.1, -0.05) is 18.2 Å². The summed E-state index contributed by atoms with van der Waals surface area (Å²) in [6, 6.07) is 5.52. The number of anilines is 1. The summed E-state index contributed by atoms with van der Waals surface area (Å²) >= 11 is 0. The second-order valence-electron chi connectivity index (χ2n) is 7.60. The number of carbonyl (C=O) groups is 2. The Morgan fingerprint density at radius 1 is 1.30 bits per heavy atom. The van der Waals surface area contributed by atoms with Crippen LogP contribution in [0.25, 0.3) is 6.08 Å². The van der Waals surface area contributed by atoms with Crippen molar-refractivity contribution in [2.45, 2.75) is 17.2 Å². The van der Waals surface area contributed by atoms with Crippen LogP contribution in [0.5, 0.6) is 5.75 Å². The molecule has 0 aromatic heterocycles. The molecule has 11 heteroatoms. The Balaban J connectivity index is 1.94. The lowest BCUT2D eigenvalue weighted by Gasteiger charge is -2.26. The Bertz CT molecular complexity index is 1270. The minimum atomic E-state index is -4.79. The van der Waals surface area contributed by atoms with Crippen molar-refractivity contribution in [3.8, 4) is 5.75 Å². The zero-order valence-corrected chi connectivity index (χ0v) is 18.2. The lowest BCUT2D eigenvalue weighted by molar-refractivity contribution is 0.0692. The third-order valence-electron chi connectivity index (χ3n) is 5.60. The van der Waals surface area contributed by atoms with Crippen LogP contribution in [0.2, 0.25) is 0 Å². The maximum absolute atomic E-state index is 13.8. The van der Waals surface area contributed by atoms with Gasteiger partial charge in [0.15, 0.2) is 0 Å². The minimum absolute atomic E-state index is 0.0161. The number of hydrogen-bond acceptors (Lipinski definition) is 7. The molecule has 2 unspecified atom stereocenters. The van der Waals surface area contributed by atoms with Gasteiger partial charge in [0.1, 0.15) is 17.1 Å². The molecule has 2 aliphatic rings. The van der Waals surface area contributed by atoms with Gasteiger partial charge in [0.05, 0.1) is 30.9 Å². The second kappa shape index (κ2) is 8.49. The van der Waals surface area contributed by atoms with Gasteiger partial charge < -0.3 is 19.7 Å². The number of amides is 1. The number of methoxy groups -OCH3 is 1. The molecular weight excluding hydrogens is 457 g/mol. The largest absolute Gasteiger partial charge is 0.492 e. The molecule has 0 bridgehead atoms. The predicted molar refractivity (Wildman–Crippen MR) is 114 cm³/mol. The minimum Gasteiger partial charge on any atom is -0.492 e. The molecule has 9 nitrogen and oxygen atoms in total. The van der Waals surface area contributed by atoms with Crippen molar-refractivity contribution in [1.82, 2.24) is 0 Å². The van der Waals surface area contributed by atoms with Crippen LogP contribution in [0.1, 0.15) is 33.8 Å². The monoisotopic (exact) mass is 477 g/mol. The van der Waals surface area contributed by atoms with E-state index in [0.717, 1.165) is 31.7 Å². The van der Waals surface area contributed by atoms with Crippen LogP contribution in [0.15, 0.2) is 41.3 Å². The molecule has 4 rings (SSSR count). The van der Waals surface area contributed by atoms with Gasteiger partial charge in [-0.2, -0.15) is 4.31 Å². The van der Waals surface area contributed by atoms with Gasteiger partial charge in [0.2, 0.25) is 0 Å². The maximum Gasteiger partial charge on any atom is 0.428 e. The maximum atomic E-state index is 13.8. The van der Waals surface area contributed by atoms with Gasteiger partial charge in [-0.25, -0.2) is 22.4 Å². The van der Waals surface area contributed by atoms with Crippen molar-refractivity contribution >= 4 is 33.8 Å². The average molecular weight is 477 g/mol. The zero-order valence-electron chi connectivity index (χ0n) is 17.4. The van der Waals surface area contributed by atoms with Crippen LogP contribution < -0.4 is 9.04 Å². The Kier molecular flexibility index (Phi) is 5.85. The van der Waals surface area contributed by atoms with Gasteiger partial charge >= 0.3 is 12.1 Å².